The Hall–Kier alpha value is -2.56. The summed E-state index contributed by atoms with van der Waals surface area (Å²) in [6.45, 7) is 0. The average Bonchev–Trinajstić information content (AvgIpc) is 2.54. The van der Waals surface area contributed by atoms with E-state index in [1.807, 2.05) is 0 Å². The van der Waals surface area contributed by atoms with E-state index >= 15 is 0 Å². The highest BCUT2D eigenvalue weighted by molar-refractivity contribution is 6.30. The van der Waals surface area contributed by atoms with E-state index in [0.29, 0.717) is 21.2 Å². The second-order valence-corrected chi connectivity index (χ2v) is 5.70. The van der Waals surface area contributed by atoms with Gasteiger partial charge in [-0.25, -0.2) is 9.59 Å². The molecule has 122 valence electrons. The van der Waals surface area contributed by atoms with Crippen molar-refractivity contribution in [3.8, 4) is 0 Å². The normalized spacial score (nSPS) is 12.1. The van der Waals surface area contributed by atoms with Crippen LogP contribution in [0.4, 0.5) is 0 Å². The number of rotatable bonds is 5. The minimum absolute atomic E-state index is 0.334. The number of halogens is 2. The van der Waals surface area contributed by atoms with Gasteiger partial charge in [-0.15, -0.1) is 0 Å². The largest absolute Gasteiger partial charge is 0.478 e. The van der Waals surface area contributed by atoms with Crippen LogP contribution in [0, 0.1) is 0 Å². The molecule has 0 aromatic heterocycles. The first-order chi connectivity index (χ1) is 11.4. The lowest BCUT2D eigenvalue weighted by atomic mass is 10.0. The van der Waals surface area contributed by atoms with Crippen molar-refractivity contribution in [1.82, 2.24) is 0 Å². The zero-order chi connectivity index (χ0) is 17.7. The van der Waals surface area contributed by atoms with Crippen molar-refractivity contribution in [3.05, 3.63) is 80.8 Å². The van der Waals surface area contributed by atoms with E-state index < -0.39 is 11.9 Å². The molecule has 0 aliphatic heterocycles. The number of carbonyl (C=O) groups is 2. The Labute approximate surface area is 148 Å². The number of benzene rings is 2. The van der Waals surface area contributed by atoms with Crippen molar-refractivity contribution < 1.29 is 19.8 Å². The molecule has 0 unspecified atom stereocenters. The predicted molar refractivity (Wildman–Crippen MR) is 94.1 cm³/mol. The van der Waals surface area contributed by atoms with Gasteiger partial charge in [-0.3, -0.25) is 0 Å². The molecule has 0 heterocycles. The van der Waals surface area contributed by atoms with Crippen LogP contribution in [-0.4, -0.2) is 22.2 Å². The van der Waals surface area contributed by atoms with Crippen LogP contribution in [0.2, 0.25) is 10.0 Å². The third-order valence-corrected chi connectivity index (χ3v) is 3.62. The highest BCUT2D eigenvalue weighted by Crippen LogP contribution is 2.21. The number of hydrogen-bond acceptors (Lipinski definition) is 2. The quantitative estimate of drug-likeness (QED) is 0.600. The molecule has 4 nitrogen and oxygen atoms in total. The molecule has 0 saturated carbocycles. The van der Waals surface area contributed by atoms with Crippen LogP contribution < -0.4 is 0 Å². The van der Waals surface area contributed by atoms with E-state index in [1.54, 1.807) is 48.5 Å². The van der Waals surface area contributed by atoms with Crippen LogP contribution in [0.5, 0.6) is 0 Å². The summed E-state index contributed by atoms with van der Waals surface area (Å²) < 4.78 is 0. The molecule has 2 aromatic carbocycles. The third-order valence-electron chi connectivity index (χ3n) is 3.11. The molecule has 0 spiro atoms. The molecule has 2 N–H and O–H groups in total. The fourth-order valence-corrected chi connectivity index (χ4v) is 2.21. The first-order valence-corrected chi connectivity index (χ1v) is 7.54. The monoisotopic (exact) mass is 362 g/mol. The van der Waals surface area contributed by atoms with E-state index in [0.717, 1.165) is 0 Å². The van der Waals surface area contributed by atoms with Crippen molar-refractivity contribution in [2.45, 2.75) is 0 Å². The summed E-state index contributed by atoms with van der Waals surface area (Å²) in [4.78, 5) is 23.1. The second-order valence-electron chi connectivity index (χ2n) is 4.83. The smallest absolute Gasteiger partial charge is 0.336 e. The fraction of sp³-hybridized carbons (Fsp3) is 0. The maximum absolute atomic E-state index is 11.5. The van der Waals surface area contributed by atoms with Crippen LogP contribution >= 0.6 is 23.2 Å². The van der Waals surface area contributed by atoms with E-state index in [4.69, 9.17) is 23.2 Å². The summed E-state index contributed by atoms with van der Waals surface area (Å²) in [5.74, 6) is -2.68. The SMILES string of the molecule is O=C(O)C(=Cc1ccc(Cl)cc1)/C(=C/c1ccc(Cl)cc1)C(=O)O. The number of aliphatic carboxylic acids is 2. The van der Waals surface area contributed by atoms with Gasteiger partial charge in [0, 0.05) is 10.0 Å². The molecule has 0 aliphatic carbocycles. The summed E-state index contributed by atoms with van der Waals surface area (Å²) in [6, 6.07) is 12.8. The molecule has 0 bridgehead atoms. The molecule has 6 heteroatoms. The van der Waals surface area contributed by atoms with Gasteiger partial charge in [0.2, 0.25) is 0 Å². The molecular formula is C18H12Cl2O4. The first kappa shape index (κ1) is 17.8. The molecule has 2 aromatic rings. The standard InChI is InChI=1S/C18H12Cl2O4/c19-13-5-1-11(2-6-13)9-15(17(21)22)16(18(23)24)10-12-3-7-14(20)8-4-12/h1-10H,(H,21,22)(H,23,24)/b15-9-,16-10?. The highest BCUT2D eigenvalue weighted by Gasteiger charge is 2.20. The van der Waals surface area contributed by atoms with Crippen LogP contribution in [0.1, 0.15) is 11.1 Å². The lowest BCUT2D eigenvalue weighted by Gasteiger charge is -2.05. The maximum Gasteiger partial charge on any atom is 0.336 e. The van der Waals surface area contributed by atoms with Gasteiger partial charge in [-0.2, -0.15) is 0 Å². The predicted octanol–water partition coefficient (Wildman–Crippen LogP) is 4.63. The molecule has 0 amide bonds. The molecule has 0 atom stereocenters. The van der Waals surface area contributed by atoms with E-state index in [2.05, 4.69) is 0 Å². The van der Waals surface area contributed by atoms with Gasteiger partial charge in [0.1, 0.15) is 0 Å². The Morgan fingerprint density at radius 3 is 1.21 bits per heavy atom. The zero-order valence-electron chi connectivity index (χ0n) is 12.2. The summed E-state index contributed by atoms with van der Waals surface area (Å²) >= 11 is 11.6. The molecule has 0 radical (unpaired) electrons. The summed E-state index contributed by atoms with van der Waals surface area (Å²) in [6.07, 6.45) is 2.57. The van der Waals surface area contributed by atoms with Gasteiger partial charge in [0.15, 0.2) is 0 Å². The molecule has 0 fully saturated rings. The van der Waals surface area contributed by atoms with Gasteiger partial charge >= 0.3 is 11.9 Å². The van der Waals surface area contributed by atoms with Gasteiger partial charge in [0.05, 0.1) is 11.1 Å². The fourth-order valence-electron chi connectivity index (χ4n) is 1.96. The third kappa shape index (κ3) is 4.72. The minimum Gasteiger partial charge on any atom is -0.478 e. The van der Waals surface area contributed by atoms with Crippen LogP contribution in [0.3, 0.4) is 0 Å². The lowest BCUT2D eigenvalue weighted by molar-refractivity contribution is -0.136. The Morgan fingerprint density at radius 2 is 0.958 bits per heavy atom. The van der Waals surface area contributed by atoms with E-state index in [1.165, 1.54) is 12.2 Å². The van der Waals surface area contributed by atoms with Crippen molar-refractivity contribution in [2.75, 3.05) is 0 Å². The van der Waals surface area contributed by atoms with E-state index in [-0.39, 0.29) is 11.1 Å². The molecule has 2 rings (SSSR count). The highest BCUT2D eigenvalue weighted by atomic mass is 35.5. The van der Waals surface area contributed by atoms with Gasteiger partial charge < -0.3 is 10.2 Å². The Morgan fingerprint density at radius 1 is 0.667 bits per heavy atom. The van der Waals surface area contributed by atoms with Gasteiger partial charge in [-0.1, -0.05) is 47.5 Å². The lowest BCUT2D eigenvalue weighted by Crippen LogP contribution is -2.11. The topological polar surface area (TPSA) is 74.6 Å². The van der Waals surface area contributed by atoms with Crippen LogP contribution in [0.25, 0.3) is 12.2 Å². The molecule has 0 aliphatic rings. The number of carboxylic acids is 2. The van der Waals surface area contributed by atoms with Gasteiger partial charge in [0.25, 0.3) is 0 Å². The first-order valence-electron chi connectivity index (χ1n) is 6.78. The average molecular weight is 363 g/mol. The minimum atomic E-state index is -1.34. The Bertz CT molecular complexity index is 748. The molecule has 0 saturated heterocycles. The number of hydrogen-bond donors (Lipinski definition) is 2. The van der Waals surface area contributed by atoms with Crippen molar-refractivity contribution in [2.24, 2.45) is 0 Å². The van der Waals surface area contributed by atoms with Gasteiger partial charge in [-0.05, 0) is 47.5 Å². The van der Waals surface area contributed by atoms with Crippen molar-refractivity contribution >= 4 is 47.3 Å². The van der Waals surface area contributed by atoms with E-state index in [9.17, 15) is 19.8 Å². The maximum atomic E-state index is 11.5. The van der Waals surface area contributed by atoms with Crippen molar-refractivity contribution in [3.63, 3.8) is 0 Å². The van der Waals surface area contributed by atoms with Crippen LogP contribution in [-0.2, 0) is 9.59 Å². The number of carboxylic acid groups (broad SMARTS) is 2. The zero-order valence-corrected chi connectivity index (χ0v) is 13.8. The summed E-state index contributed by atoms with van der Waals surface area (Å²) in [7, 11) is 0. The summed E-state index contributed by atoms with van der Waals surface area (Å²) in [5.41, 5.74) is 0.389. The Balaban J connectivity index is 2.52. The van der Waals surface area contributed by atoms with Crippen molar-refractivity contribution in [1.29, 1.82) is 0 Å². The van der Waals surface area contributed by atoms with Crippen LogP contribution in [0.15, 0.2) is 59.7 Å². The molecule has 24 heavy (non-hydrogen) atoms. The molecular weight excluding hydrogens is 351 g/mol. The second kappa shape index (κ2) is 7.81. The Kier molecular flexibility index (Phi) is 5.79. The summed E-state index contributed by atoms with van der Waals surface area (Å²) in [5, 5.41) is 19.8.